The second-order valence-corrected chi connectivity index (χ2v) is 4.02. The molecular weight excluding hydrogens is 226 g/mol. The molecule has 2 aromatic rings. The van der Waals surface area contributed by atoms with E-state index in [1.807, 2.05) is 37.3 Å². The van der Waals surface area contributed by atoms with Crippen LogP contribution in [0, 0.1) is 6.92 Å². The average molecular weight is 241 g/mol. The minimum absolute atomic E-state index is 0.194. The Morgan fingerprint density at radius 2 is 1.83 bits per heavy atom. The number of benzene rings is 2. The molecule has 2 rings (SSSR count). The van der Waals surface area contributed by atoms with Crippen molar-refractivity contribution in [2.75, 3.05) is 7.11 Å². The fourth-order valence-electron chi connectivity index (χ4n) is 1.58. The first-order chi connectivity index (χ1) is 8.69. The van der Waals surface area contributed by atoms with Crippen LogP contribution in [0.25, 0.3) is 0 Å². The second kappa shape index (κ2) is 5.36. The van der Waals surface area contributed by atoms with Crippen LogP contribution >= 0.6 is 0 Å². The predicted molar refractivity (Wildman–Crippen MR) is 73.1 cm³/mol. The van der Waals surface area contributed by atoms with Crippen molar-refractivity contribution in [3.8, 4) is 11.5 Å². The molecule has 0 aliphatic rings. The van der Waals surface area contributed by atoms with Crippen molar-refractivity contribution < 1.29 is 9.84 Å². The van der Waals surface area contributed by atoms with E-state index in [4.69, 9.17) is 4.74 Å². The van der Waals surface area contributed by atoms with Gasteiger partial charge in [-0.05, 0) is 54.4 Å². The summed E-state index contributed by atoms with van der Waals surface area (Å²) in [6.07, 6.45) is 1.71. The largest absolute Gasteiger partial charge is 0.506 e. The monoisotopic (exact) mass is 241 g/mol. The quantitative estimate of drug-likeness (QED) is 0.836. The highest BCUT2D eigenvalue weighted by molar-refractivity contribution is 5.82. The highest BCUT2D eigenvalue weighted by atomic mass is 16.5. The van der Waals surface area contributed by atoms with E-state index in [2.05, 4.69) is 4.99 Å². The summed E-state index contributed by atoms with van der Waals surface area (Å²) in [5.41, 5.74) is 2.53. The molecule has 18 heavy (non-hydrogen) atoms. The summed E-state index contributed by atoms with van der Waals surface area (Å²) in [7, 11) is 1.63. The molecule has 0 aliphatic carbocycles. The third-order valence-corrected chi connectivity index (χ3v) is 2.60. The number of ether oxygens (including phenoxy) is 1. The van der Waals surface area contributed by atoms with E-state index in [0.717, 1.165) is 16.9 Å². The molecule has 0 heterocycles. The van der Waals surface area contributed by atoms with Crippen LogP contribution in [0.4, 0.5) is 5.69 Å². The fourth-order valence-corrected chi connectivity index (χ4v) is 1.58. The molecule has 0 amide bonds. The maximum atomic E-state index is 9.72. The maximum absolute atomic E-state index is 9.72. The topological polar surface area (TPSA) is 41.8 Å². The van der Waals surface area contributed by atoms with Gasteiger partial charge in [0.05, 0.1) is 7.11 Å². The lowest BCUT2D eigenvalue weighted by molar-refractivity contribution is 0.415. The lowest BCUT2D eigenvalue weighted by atomic mass is 10.2. The van der Waals surface area contributed by atoms with E-state index in [-0.39, 0.29) is 5.75 Å². The van der Waals surface area contributed by atoms with E-state index in [1.54, 1.807) is 25.5 Å². The number of aromatic hydroxyl groups is 1. The van der Waals surface area contributed by atoms with Crippen LogP contribution < -0.4 is 4.74 Å². The molecule has 1 N–H and O–H groups in total. The molecule has 2 aromatic carbocycles. The third kappa shape index (κ3) is 2.88. The number of phenolic OH excluding ortho intramolecular Hbond substituents is 1. The van der Waals surface area contributed by atoms with Gasteiger partial charge in [0.25, 0.3) is 0 Å². The number of aryl methyl sites for hydroxylation is 1. The van der Waals surface area contributed by atoms with Gasteiger partial charge >= 0.3 is 0 Å². The van der Waals surface area contributed by atoms with Crippen molar-refractivity contribution >= 4 is 11.9 Å². The van der Waals surface area contributed by atoms with E-state index in [9.17, 15) is 5.11 Å². The molecular formula is C15H15NO2. The Bertz CT molecular complexity index is 559. The fraction of sp³-hybridized carbons (Fsp3) is 0.133. The first-order valence-electron chi connectivity index (χ1n) is 5.67. The molecule has 3 heteroatoms. The molecule has 0 aliphatic heterocycles. The summed E-state index contributed by atoms with van der Waals surface area (Å²) in [5.74, 6) is 1.00. The zero-order valence-electron chi connectivity index (χ0n) is 10.4. The van der Waals surface area contributed by atoms with Crippen LogP contribution in [0.5, 0.6) is 11.5 Å². The summed E-state index contributed by atoms with van der Waals surface area (Å²) in [6, 6.07) is 13.0. The standard InChI is InChI=1S/C15H15NO2/c1-11-3-8-14(15(17)9-11)16-10-12-4-6-13(18-2)7-5-12/h3-10,17H,1-2H3. The van der Waals surface area contributed by atoms with E-state index in [1.165, 1.54) is 0 Å². The number of nitrogens with zero attached hydrogens (tertiary/aromatic N) is 1. The predicted octanol–water partition coefficient (Wildman–Crippen LogP) is 3.46. The molecule has 0 atom stereocenters. The minimum atomic E-state index is 0.194. The van der Waals surface area contributed by atoms with Crippen LogP contribution in [0.1, 0.15) is 11.1 Å². The third-order valence-electron chi connectivity index (χ3n) is 2.60. The van der Waals surface area contributed by atoms with Crippen molar-refractivity contribution in [1.29, 1.82) is 0 Å². The summed E-state index contributed by atoms with van der Waals surface area (Å²) >= 11 is 0. The Morgan fingerprint density at radius 1 is 1.11 bits per heavy atom. The van der Waals surface area contributed by atoms with Gasteiger partial charge in [0, 0.05) is 6.21 Å². The van der Waals surface area contributed by atoms with E-state index in [0.29, 0.717) is 5.69 Å². The highest BCUT2D eigenvalue weighted by Crippen LogP contribution is 2.26. The highest BCUT2D eigenvalue weighted by Gasteiger charge is 1.98. The first kappa shape index (κ1) is 12.2. The van der Waals surface area contributed by atoms with Crippen LogP contribution in [0.15, 0.2) is 47.5 Å². The number of methoxy groups -OCH3 is 1. The van der Waals surface area contributed by atoms with Gasteiger partial charge in [-0.3, -0.25) is 4.99 Å². The Labute approximate surface area is 106 Å². The first-order valence-corrected chi connectivity index (χ1v) is 5.67. The summed E-state index contributed by atoms with van der Waals surface area (Å²) in [4.78, 5) is 4.26. The molecule has 0 saturated heterocycles. The average Bonchev–Trinajstić information content (AvgIpc) is 2.38. The van der Waals surface area contributed by atoms with Crippen molar-refractivity contribution in [3.05, 3.63) is 53.6 Å². The Balaban J connectivity index is 2.19. The molecule has 0 unspecified atom stereocenters. The van der Waals surface area contributed by atoms with Gasteiger partial charge in [0.15, 0.2) is 0 Å². The number of aliphatic imine (C=N–C) groups is 1. The zero-order chi connectivity index (χ0) is 13.0. The maximum Gasteiger partial charge on any atom is 0.141 e. The normalized spacial score (nSPS) is 10.8. The summed E-state index contributed by atoms with van der Waals surface area (Å²) < 4.78 is 5.08. The van der Waals surface area contributed by atoms with Gasteiger partial charge in [-0.1, -0.05) is 6.07 Å². The summed E-state index contributed by atoms with van der Waals surface area (Å²) in [5, 5.41) is 9.72. The Morgan fingerprint density at radius 3 is 2.44 bits per heavy atom. The second-order valence-electron chi connectivity index (χ2n) is 4.02. The van der Waals surface area contributed by atoms with Gasteiger partial charge in [-0.25, -0.2) is 0 Å². The van der Waals surface area contributed by atoms with Gasteiger partial charge in [0.2, 0.25) is 0 Å². The molecule has 92 valence electrons. The van der Waals surface area contributed by atoms with Gasteiger partial charge in [-0.15, -0.1) is 0 Å². The van der Waals surface area contributed by atoms with Gasteiger partial charge in [-0.2, -0.15) is 0 Å². The molecule has 0 aromatic heterocycles. The van der Waals surface area contributed by atoms with E-state index < -0.39 is 0 Å². The molecule has 0 radical (unpaired) electrons. The molecule has 0 saturated carbocycles. The summed E-state index contributed by atoms with van der Waals surface area (Å²) in [6.45, 7) is 1.93. The van der Waals surface area contributed by atoms with Crippen LogP contribution in [-0.2, 0) is 0 Å². The molecule has 3 nitrogen and oxygen atoms in total. The smallest absolute Gasteiger partial charge is 0.141 e. The number of phenols is 1. The van der Waals surface area contributed by atoms with E-state index >= 15 is 0 Å². The van der Waals surface area contributed by atoms with Crippen LogP contribution in [0.3, 0.4) is 0 Å². The number of rotatable bonds is 3. The SMILES string of the molecule is COc1ccc(C=Nc2ccc(C)cc2O)cc1. The van der Waals surface area contributed by atoms with Crippen molar-refractivity contribution in [1.82, 2.24) is 0 Å². The van der Waals surface area contributed by atoms with Crippen molar-refractivity contribution in [2.24, 2.45) is 4.99 Å². The van der Waals surface area contributed by atoms with Crippen LogP contribution in [-0.4, -0.2) is 18.4 Å². The number of hydrogen-bond acceptors (Lipinski definition) is 3. The zero-order valence-corrected chi connectivity index (χ0v) is 10.4. The lowest BCUT2D eigenvalue weighted by Crippen LogP contribution is -1.84. The van der Waals surface area contributed by atoms with Gasteiger partial charge in [0.1, 0.15) is 17.2 Å². The molecule has 0 spiro atoms. The molecule has 0 bridgehead atoms. The molecule has 0 fully saturated rings. The number of hydrogen-bond donors (Lipinski definition) is 1. The Kier molecular flexibility index (Phi) is 3.63. The van der Waals surface area contributed by atoms with Gasteiger partial charge < -0.3 is 9.84 Å². The minimum Gasteiger partial charge on any atom is -0.506 e. The van der Waals surface area contributed by atoms with Crippen LogP contribution in [0.2, 0.25) is 0 Å². The lowest BCUT2D eigenvalue weighted by Gasteiger charge is -2.01. The van der Waals surface area contributed by atoms with Crippen molar-refractivity contribution in [2.45, 2.75) is 6.92 Å². The Hall–Kier alpha value is -2.29. The van der Waals surface area contributed by atoms with Crippen molar-refractivity contribution in [3.63, 3.8) is 0 Å².